The van der Waals surface area contributed by atoms with Crippen molar-refractivity contribution in [2.45, 2.75) is 88.6 Å². The molecule has 142 valence electrons. The summed E-state index contributed by atoms with van der Waals surface area (Å²) < 4.78 is 0. The Morgan fingerprint density at radius 2 is 1.38 bits per heavy atom. The molecule has 0 aliphatic carbocycles. The molecule has 8 heteroatoms. The van der Waals surface area contributed by atoms with Crippen LogP contribution in [0.3, 0.4) is 0 Å². The van der Waals surface area contributed by atoms with Gasteiger partial charge in [-0.2, -0.15) is 0 Å². The van der Waals surface area contributed by atoms with Gasteiger partial charge >= 0.3 is 0 Å². The fourth-order valence-electron chi connectivity index (χ4n) is 2.57. The van der Waals surface area contributed by atoms with Gasteiger partial charge in [0, 0.05) is 0 Å². The third kappa shape index (κ3) is 7.12. The number of unbranched alkanes of at least 4 members (excludes halogenated alkanes) is 7. The van der Waals surface area contributed by atoms with Crippen LogP contribution in [0.25, 0.3) is 0 Å². The van der Waals surface area contributed by atoms with Gasteiger partial charge in [0.25, 0.3) is 5.91 Å². The summed E-state index contributed by atoms with van der Waals surface area (Å²) in [6.07, 6.45) is 1.27. The molecule has 0 fully saturated rings. The molecule has 0 aliphatic rings. The van der Waals surface area contributed by atoms with Gasteiger partial charge in [-0.25, -0.2) is 0 Å². The second-order valence-electron chi connectivity index (χ2n) is 6.30. The van der Waals surface area contributed by atoms with Gasteiger partial charge in [-0.3, -0.25) is 9.59 Å². The zero-order valence-corrected chi connectivity index (χ0v) is 14.4. The second-order valence-corrected chi connectivity index (χ2v) is 6.30. The Balaban J connectivity index is 4.45. The predicted molar refractivity (Wildman–Crippen MR) is 88.6 cm³/mol. The Bertz CT molecular complexity index is 393. The van der Waals surface area contributed by atoms with Gasteiger partial charge in [0.2, 0.25) is 5.91 Å². The van der Waals surface area contributed by atoms with Gasteiger partial charge in [0.15, 0.2) is 11.7 Å². The molecule has 8 nitrogen and oxygen atoms in total. The van der Waals surface area contributed by atoms with E-state index in [0.29, 0.717) is 6.42 Å². The lowest BCUT2D eigenvalue weighted by Crippen LogP contribution is -2.61. The van der Waals surface area contributed by atoms with E-state index in [9.17, 15) is 30.0 Å². The van der Waals surface area contributed by atoms with E-state index in [1.165, 1.54) is 19.3 Å². The first-order valence-electron chi connectivity index (χ1n) is 8.54. The zero-order valence-electron chi connectivity index (χ0n) is 14.4. The molecule has 0 saturated heterocycles. The Labute approximate surface area is 142 Å². The number of aliphatic hydroxyl groups is 4. The van der Waals surface area contributed by atoms with E-state index < -0.39 is 35.7 Å². The van der Waals surface area contributed by atoms with Gasteiger partial charge in [-0.1, -0.05) is 51.9 Å². The minimum Gasteiger partial charge on any atom is -0.387 e. The molecule has 0 radical (unpaired) electrons. The second kappa shape index (κ2) is 11.4. The third-order valence-corrected chi connectivity index (χ3v) is 4.27. The van der Waals surface area contributed by atoms with E-state index in [-0.39, 0.29) is 6.42 Å². The van der Waals surface area contributed by atoms with Crippen LogP contribution in [-0.2, 0) is 9.59 Å². The van der Waals surface area contributed by atoms with E-state index in [1.54, 1.807) is 0 Å². The van der Waals surface area contributed by atoms with Gasteiger partial charge < -0.3 is 31.9 Å². The number of carbonyl (C=O) groups excluding carboxylic acids is 2. The van der Waals surface area contributed by atoms with Crippen molar-refractivity contribution in [3.05, 3.63) is 0 Å². The Kier molecular flexibility index (Phi) is 10.8. The van der Waals surface area contributed by atoms with Crippen molar-refractivity contribution in [2.24, 2.45) is 11.5 Å². The SMILES string of the molecule is CCCCCCCCCCC(O)(C(N)=O)C(O)C(O)C(O)C(N)=O. The van der Waals surface area contributed by atoms with Crippen LogP contribution < -0.4 is 11.5 Å². The minimum absolute atomic E-state index is 0.180. The van der Waals surface area contributed by atoms with Crippen LogP contribution in [0.15, 0.2) is 0 Å². The molecule has 24 heavy (non-hydrogen) atoms. The first kappa shape index (κ1) is 22.8. The summed E-state index contributed by atoms with van der Waals surface area (Å²) in [5.74, 6) is -2.51. The smallest absolute Gasteiger partial charge is 0.252 e. The minimum atomic E-state index is -2.43. The maximum absolute atomic E-state index is 11.5. The molecule has 4 unspecified atom stereocenters. The lowest BCUT2D eigenvalue weighted by Gasteiger charge is -2.33. The number of hydrogen-bond acceptors (Lipinski definition) is 6. The van der Waals surface area contributed by atoms with Crippen LogP contribution >= 0.6 is 0 Å². The number of nitrogens with two attached hydrogens (primary N) is 2. The van der Waals surface area contributed by atoms with E-state index in [2.05, 4.69) is 6.92 Å². The van der Waals surface area contributed by atoms with Crippen LogP contribution in [0, 0.1) is 0 Å². The molecule has 2 amide bonds. The lowest BCUT2D eigenvalue weighted by molar-refractivity contribution is -0.176. The fourth-order valence-corrected chi connectivity index (χ4v) is 2.57. The summed E-state index contributed by atoms with van der Waals surface area (Å²) >= 11 is 0. The molecule has 0 bridgehead atoms. The molecule has 8 N–H and O–H groups in total. The Morgan fingerprint density at radius 3 is 1.79 bits per heavy atom. The van der Waals surface area contributed by atoms with Gasteiger partial charge in [0.05, 0.1) is 0 Å². The third-order valence-electron chi connectivity index (χ3n) is 4.27. The van der Waals surface area contributed by atoms with Gasteiger partial charge in [-0.15, -0.1) is 0 Å². The molecule has 0 aromatic rings. The van der Waals surface area contributed by atoms with E-state index >= 15 is 0 Å². The molecule has 0 aliphatic heterocycles. The van der Waals surface area contributed by atoms with Gasteiger partial charge in [-0.05, 0) is 12.8 Å². The van der Waals surface area contributed by atoms with Crippen molar-refractivity contribution in [2.75, 3.05) is 0 Å². The Morgan fingerprint density at radius 1 is 0.917 bits per heavy atom. The van der Waals surface area contributed by atoms with Crippen molar-refractivity contribution in [3.63, 3.8) is 0 Å². The molecule has 4 atom stereocenters. The van der Waals surface area contributed by atoms with Crippen LogP contribution in [0.5, 0.6) is 0 Å². The number of hydrogen-bond donors (Lipinski definition) is 6. The van der Waals surface area contributed by atoms with Crippen molar-refractivity contribution >= 4 is 11.8 Å². The van der Waals surface area contributed by atoms with Crippen molar-refractivity contribution in [1.82, 2.24) is 0 Å². The molecule has 0 aromatic heterocycles. The number of aliphatic hydroxyl groups excluding tert-OH is 3. The number of amides is 2. The summed E-state index contributed by atoms with van der Waals surface area (Å²) in [5, 5.41) is 39.3. The van der Waals surface area contributed by atoms with Crippen LogP contribution in [0.1, 0.15) is 64.7 Å². The first-order valence-corrected chi connectivity index (χ1v) is 8.54. The molecule has 0 heterocycles. The summed E-state index contributed by atoms with van der Waals surface area (Å²) in [6.45, 7) is 2.14. The standard InChI is InChI=1S/C16H32N2O6/c1-2-3-4-5-6-7-8-9-10-16(24,15(18)23)13(21)11(19)12(20)14(17)22/h11-13,19-21,24H,2-10H2,1H3,(H2,17,22)(H2,18,23). The number of rotatable bonds is 14. The summed E-state index contributed by atoms with van der Waals surface area (Å²) in [7, 11) is 0. The van der Waals surface area contributed by atoms with Crippen molar-refractivity contribution in [1.29, 1.82) is 0 Å². The first-order chi connectivity index (χ1) is 11.2. The van der Waals surface area contributed by atoms with Crippen molar-refractivity contribution < 1.29 is 30.0 Å². The highest BCUT2D eigenvalue weighted by atomic mass is 16.4. The fraction of sp³-hybridized carbons (Fsp3) is 0.875. The highest BCUT2D eigenvalue weighted by molar-refractivity contribution is 5.84. The Hall–Kier alpha value is -1.22. The molecule has 0 saturated carbocycles. The molecular formula is C16H32N2O6. The molecule has 0 rings (SSSR count). The van der Waals surface area contributed by atoms with Crippen LogP contribution in [0.2, 0.25) is 0 Å². The number of primary amides is 2. The maximum Gasteiger partial charge on any atom is 0.252 e. The van der Waals surface area contributed by atoms with Crippen LogP contribution in [0.4, 0.5) is 0 Å². The topological polar surface area (TPSA) is 167 Å². The van der Waals surface area contributed by atoms with E-state index in [0.717, 1.165) is 25.7 Å². The summed E-state index contributed by atoms with van der Waals surface area (Å²) in [6, 6.07) is 0. The zero-order chi connectivity index (χ0) is 18.8. The van der Waals surface area contributed by atoms with E-state index in [1.807, 2.05) is 0 Å². The molecule has 0 spiro atoms. The van der Waals surface area contributed by atoms with Crippen molar-refractivity contribution in [3.8, 4) is 0 Å². The summed E-state index contributed by atoms with van der Waals surface area (Å²) in [5.41, 5.74) is 7.52. The average molecular weight is 348 g/mol. The monoisotopic (exact) mass is 348 g/mol. The largest absolute Gasteiger partial charge is 0.387 e. The lowest BCUT2D eigenvalue weighted by atomic mass is 9.84. The molecule has 0 aromatic carbocycles. The average Bonchev–Trinajstić information content (AvgIpc) is 2.54. The van der Waals surface area contributed by atoms with E-state index in [4.69, 9.17) is 11.5 Å². The molecular weight excluding hydrogens is 316 g/mol. The maximum atomic E-state index is 11.5. The predicted octanol–water partition coefficient (Wildman–Crippen LogP) is -0.698. The summed E-state index contributed by atoms with van der Waals surface area (Å²) in [4.78, 5) is 22.4. The number of carbonyl (C=O) groups is 2. The van der Waals surface area contributed by atoms with Gasteiger partial charge in [0.1, 0.15) is 12.2 Å². The van der Waals surface area contributed by atoms with Crippen LogP contribution in [-0.4, -0.2) is 56.2 Å². The highest BCUT2D eigenvalue weighted by Crippen LogP contribution is 2.23. The quantitative estimate of drug-likeness (QED) is 0.227. The normalized spacial score (nSPS) is 17.7. The highest BCUT2D eigenvalue weighted by Gasteiger charge is 2.47.